The molecule has 0 bridgehead atoms. The minimum absolute atomic E-state index is 0. The van der Waals surface area contributed by atoms with Gasteiger partial charge in [-0.3, -0.25) is 24.0 Å². The van der Waals surface area contributed by atoms with Crippen LogP contribution in [0.2, 0.25) is 0 Å². The Kier molecular flexibility index (Phi) is 20.2. The summed E-state index contributed by atoms with van der Waals surface area (Å²) in [6.07, 6.45) is -0.558. The third kappa shape index (κ3) is 12.9. The maximum absolute atomic E-state index is 14.4. The summed E-state index contributed by atoms with van der Waals surface area (Å²) in [6, 6.07) is 9.76. The molecule has 3 aromatic rings. The van der Waals surface area contributed by atoms with E-state index in [9.17, 15) is 54.6 Å². The van der Waals surface area contributed by atoms with Crippen molar-refractivity contribution in [2.45, 2.75) is 37.4 Å². The molecule has 1 heterocycles. The summed E-state index contributed by atoms with van der Waals surface area (Å²) in [4.78, 5) is 68.3. The zero-order valence-electron chi connectivity index (χ0n) is 30.8. The van der Waals surface area contributed by atoms with Gasteiger partial charge in [-0.15, -0.1) is 0 Å². The zero-order valence-corrected chi connectivity index (χ0v) is 34.9. The van der Waals surface area contributed by atoms with Crippen LogP contribution in [0, 0.1) is 0 Å². The van der Waals surface area contributed by atoms with Crippen molar-refractivity contribution in [1.82, 2.24) is 26.2 Å². The van der Waals surface area contributed by atoms with E-state index in [1.165, 1.54) is 47.4 Å². The standard InChI is InChI=1S/C37H45N5O13S.Au.Fe/c43-26-7-1-4-22(30(26)47)33(50)39-14-12-37(41-35(52)24-6-3-9-28(45)32(24)49)13-16-42(37)36(53)25(40-34(51)23-5-2-8-27(44)31(23)48)10-11-29(46)38-15-17-54-18-19-55-20-21-56;;/h1-9,25,43-45,47-49,56H,10-21H2,(H,38,46)(H,39,50)(H,40,51)(H,41,52);;/q;+1;/p-1/t25?,37-;;/m1../s1. The predicted octanol–water partition coefficient (Wildman–Crippen LogP) is 0.669. The summed E-state index contributed by atoms with van der Waals surface area (Å²) in [5.74, 6) is -7.24. The van der Waals surface area contributed by atoms with E-state index in [-0.39, 0.29) is 115 Å². The molecule has 0 spiro atoms. The Hall–Kier alpha value is -4.66. The molecule has 320 valence electrons. The molecule has 0 aromatic heterocycles. The molecule has 21 heteroatoms. The van der Waals surface area contributed by atoms with Gasteiger partial charge in [0.15, 0.2) is 34.5 Å². The van der Waals surface area contributed by atoms with Crippen LogP contribution >= 0.6 is 0 Å². The Balaban J connectivity index is 0.00000580. The summed E-state index contributed by atoms with van der Waals surface area (Å²) >= 11 is 4.80. The van der Waals surface area contributed by atoms with Crippen LogP contribution < -0.4 is 21.3 Å². The number of carbonyl (C=O) groups is 5. The van der Waals surface area contributed by atoms with Crippen LogP contribution in [0.5, 0.6) is 34.5 Å². The summed E-state index contributed by atoms with van der Waals surface area (Å²) in [5.41, 5.74) is -2.49. The number of nitrogens with zero attached hydrogens (tertiary/aromatic N) is 1. The molecule has 1 aliphatic heterocycles. The van der Waals surface area contributed by atoms with E-state index < -0.39 is 75.7 Å². The summed E-state index contributed by atoms with van der Waals surface area (Å²) in [6.45, 7) is 1.17. The van der Waals surface area contributed by atoms with Crippen molar-refractivity contribution < 1.29 is 104 Å². The Morgan fingerprint density at radius 2 is 1.22 bits per heavy atom. The van der Waals surface area contributed by atoms with E-state index in [1.807, 2.05) is 0 Å². The molecule has 4 rings (SSSR count). The van der Waals surface area contributed by atoms with Crippen LogP contribution in [0.4, 0.5) is 0 Å². The average Bonchev–Trinajstić information content (AvgIpc) is 3.16. The van der Waals surface area contributed by atoms with Crippen LogP contribution in [0.1, 0.15) is 56.8 Å². The van der Waals surface area contributed by atoms with Gasteiger partial charge >= 0.3 is 22.4 Å². The summed E-state index contributed by atoms with van der Waals surface area (Å²) in [5, 5.41) is 71.2. The maximum atomic E-state index is 14.4. The van der Waals surface area contributed by atoms with Gasteiger partial charge in [0.05, 0.1) is 36.5 Å². The number of ether oxygens (including phenoxy) is 2. The molecular formula is C37H44AuFeN5O13S. The van der Waals surface area contributed by atoms with Crippen molar-refractivity contribution in [3.8, 4) is 34.5 Å². The number of phenols is 6. The minimum atomic E-state index is -1.56. The largest absolute Gasteiger partial charge is 1.00 e. The predicted molar refractivity (Wildman–Crippen MR) is 200 cm³/mol. The van der Waals surface area contributed by atoms with Crippen molar-refractivity contribution in [2.75, 3.05) is 51.8 Å². The molecule has 0 saturated carbocycles. The molecular weight excluding hydrogens is 1010 g/mol. The first-order valence-electron chi connectivity index (χ1n) is 17.6. The van der Waals surface area contributed by atoms with Gasteiger partial charge in [0.1, 0.15) is 11.7 Å². The van der Waals surface area contributed by atoms with Crippen molar-refractivity contribution >= 4 is 42.2 Å². The van der Waals surface area contributed by atoms with Crippen molar-refractivity contribution in [1.29, 1.82) is 0 Å². The van der Waals surface area contributed by atoms with Gasteiger partial charge in [-0.25, -0.2) is 0 Å². The third-order valence-electron chi connectivity index (χ3n) is 8.91. The fourth-order valence-electron chi connectivity index (χ4n) is 5.86. The molecule has 1 fully saturated rings. The number of nitrogens with one attached hydrogen (secondary N) is 4. The molecule has 58 heavy (non-hydrogen) atoms. The Morgan fingerprint density at radius 1 is 0.707 bits per heavy atom. The normalized spacial score (nSPS) is 14.7. The second kappa shape index (κ2) is 23.7. The van der Waals surface area contributed by atoms with Crippen LogP contribution in [0.3, 0.4) is 0 Å². The van der Waals surface area contributed by atoms with Gasteiger partial charge < -0.3 is 78.9 Å². The number of likely N-dealkylation sites (tertiary alicyclic amines) is 1. The molecule has 1 unspecified atom stereocenters. The van der Waals surface area contributed by atoms with E-state index in [4.69, 9.17) is 22.1 Å². The van der Waals surface area contributed by atoms with Gasteiger partial charge in [-0.2, -0.15) is 5.75 Å². The van der Waals surface area contributed by atoms with E-state index in [0.717, 1.165) is 12.1 Å². The monoisotopic (exact) mass is 1050 g/mol. The third-order valence-corrected chi connectivity index (χ3v) is 9.08. The SMILES string of the molecule is O=C(CCC(NC(=O)c1cccc(O)c1O)C(=O)N1CC[C@]1(CCNC(=O)c1cccc(O)c1O)NC(=O)c1cccc(O)c1O)NCCOCCOCC[S-].[Au+].[Fe]. The Labute approximate surface area is 365 Å². The van der Waals surface area contributed by atoms with Gasteiger partial charge in [0.2, 0.25) is 11.8 Å². The number of carbonyl (C=O) groups excluding carboxylic acids is 5. The van der Waals surface area contributed by atoms with Crippen LogP contribution in [0.15, 0.2) is 54.6 Å². The molecule has 2 atom stereocenters. The van der Waals surface area contributed by atoms with Gasteiger partial charge in [-0.1, -0.05) is 18.2 Å². The number of amides is 5. The van der Waals surface area contributed by atoms with E-state index in [2.05, 4.69) is 21.3 Å². The molecule has 18 nitrogen and oxygen atoms in total. The fraction of sp³-hybridized carbons (Fsp3) is 0.378. The Morgan fingerprint density at radius 3 is 1.74 bits per heavy atom. The van der Waals surface area contributed by atoms with Crippen LogP contribution in [-0.4, -0.2) is 129 Å². The zero-order chi connectivity index (χ0) is 40.8. The van der Waals surface area contributed by atoms with Crippen LogP contribution in [0.25, 0.3) is 0 Å². The van der Waals surface area contributed by atoms with Crippen LogP contribution in [-0.2, 0) is 71.1 Å². The van der Waals surface area contributed by atoms with E-state index in [0.29, 0.717) is 19.0 Å². The average molecular weight is 1050 g/mol. The van der Waals surface area contributed by atoms with Gasteiger partial charge in [0, 0.05) is 62.6 Å². The first-order chi connectivity index (χ1) is 26.8. The number of hydrogen-bond acceptors (Lipinski definition) is 14. The Bertz CT molecular complexity index is 1910. The summed E-state index contributed by atoms with van der Waals surface area (Å²) < 4.78 is 10.6. The van der Waals surface area contributed by atoms with Gasteiger partial charge in [0.25, 0.3) is 17.7 Å². The number of aromatic hydroxyl groups is 6. The first-order valence-corrected chi connectivity index (χ1v) is 18.1. The quantitative estimate of drug-likeness (QED) is 0.0323. The fourth-order valence-corrected chi connectivity index (χ4v) is 5.97. The second-order valence-electron chi connectivity index (χ2n) is 12.6. The second-order valence-corrected chi connectivity index (χ2v) is 13.0. The topological polar surface area (TPSA) is 277 Å². The van der Waals surface area contributed by atoms with Crippen molar-refractivity contribution in [2.24, 2.45) is 0 Å². The molecule has 1 aliphatic rings. The molecule has 5 amide bonds. The molecule has 0 aliphatic carbocycles. The van der Waals surface area contributed by atoms with E-state index >= 15 is 0 Å². The molecule has 0 radical (unpaired) electrons. The smallest absolute Gasteiger partial charge is 0.790 e. The number of rotatable bonds is 20. The minimum Gasteiger partial charge on any atom is -0.790 e. The molecule has 10 N–H and O–H groups in total. The van der Waals surface area contributed by atoms with E-state index in [1.54, 1.807) is 0 Å². The molecule has 3 aromatic carbocycles. The summed E-state index contributed by atoms with van der Waals surface area (Å²) in [7, 11) is 0. The van der Waals surface area contributed by atoms with Crippen molar-refractivity contribution in [3.63, 3.8) is 0 Å². The number of benzene rings is 3. The molecule has 1 saturated heterocycles. The number of phenolic OH excluding ortho intramolecular Hbond substituents is 6. The maximum Gasteiger partial charge on any atom is 1.00 e. The van der Waals surface area contributed by atoms with Crippen molar-refractivity contribution in [3.05, 3.63) is 71.3 Å². The number of para-hydroxylation sites is 3. The number of hydrogen-bond donors (Lipinski definition) is 10. The first kappa shape index (κ1) is 49.5. The van der Waals surface area contributed by atoms with Gasteiger partial charge in [-0.05, 0) is 42.8 Å².